The molecule has 2 atom stereocenters. The zero-order valence-corrected chi connectivity index (χ0v) is 17.2. The Kier molecular flexibility index (Phi) is 10.1. The molecule has 1 fully saturated rings. The Bertz CT molecular complexity index is 743. The lowest BCUT2D eigenvalue weighted by Crippen LogP contribution is -2.19. The lowest BCUT2D eigenvalue weighted by molar-refractivity contribution is -0.116. The van der Waals surface area contributed by atoms with E-state index in [0.717, 1.165) is 48.3 Å². The summed E-state index contributed by atoms with van der Waals surface area (Å²) in [7, 11) is 0. The molecule has 29 heavy (non-hydrogen) atoms. The van der Waals surface area contributed by atoms with E-state index >= 15 is 0 Å². The summed E-state index contributed by atoms with van der Waals surface area (Å²) in [5, 5.41) is 10.9. The van der Waals surface area contributed by atoms with E-state index in [1.54, 1.807) is 19.9 Å². The van der Waals surface area contributed by atoms with Gasteiger partial charge in [0.15, 0.2) is 0 Å². The van der Waals surface area contributed by atoms with E-state index in [9.17, 15) is 4.79 Å². The van der Waals surface area contributed by atoms with Gasteiger partial charge in [0.25, 0.3) is 0 Å². The zero-order chi connectivity index (χ0) is 22.0. The molecule has 2 aliphatic rings. The number of aliphatic imine (C=N–C) groups is 1. The number of aliphatic hydroxyl groups excluding tert-OH is 1. The van der Waals surface area contributed by atoms with Crippen molar-refractivity contribution in [1.29, 1.82) is 0 Å². The second kappa shape index (κ2) is 12.0. The normalized spacial score (nSPS) is 21.3. The lowest BCUT2D eigenvalue weighted by Gasteiger charge is -2.16. The Morgan fingerprint density at radius 3 is 2.52 bits per heavy atom. The number of nitrogens with zero attached hydrogens (tertiary/aromatic N) is 1. The predicted octanol–water partition coefficient (Wildman–Crippen LogP) is 1.73. The highest BCUT2D eigenvalue weighted by Crippen LogP contribution is 2.29. The highest BCUT2D eigenvalue weighted by atomic mass is 16.3. The Morgan fingerprint density at radius 2 is 1.93 bits per heavy atom. The minimum Gasteiger partial charge on any atom is -0.402 e. The van der Waals surface area contributed by atoms with Crippen LogP contribution in [-0.2, 0) is 16.0 Å². The first kappa shape index (κ1) is 24.3. The summed E-state index contributed by atoms with van der Waals surface area (Å²) in [6.07, 6.45) is 5.73. The number of rotatable bonds is 3. The molecular weight excluding hydrogens is 370 g/mol. The Labute approximate surface area is 172 Å². The van der Waals surface area contributed by atoms with Gasteiger partial charge in [-0.25, -0.2) is 4.99 Å². The van der Waals surface area contributed by atoms with Gasteiger partial charge >= 0.3 is 0 Å². The minimum atomic E-state index is -0.167. The number of carbonyl (C=O) groups is 2. The average Bonchev–Trinajstić information content (AvgIpc) is 3.09. The maximum atomic E-state index is 11.4. The van der Waals surface area contributed by atoms with Gasteiger partial charge < -0.3 is 32.4 Å². The number of nitrogens with one attached hydrogen (secondary N) is 1. The lowest BCUT2D eigenvalue weighted by atomic mass is 10.0. The molecule has 2 unspecified atom stereocenters. The number of aryl methyl sites for hydroxylation is 1. The van der Waals surface area contributed by atoms with Crippen molar-refractivity contribution in [3.8, 4) is 0 Å². The van der Waals surface area contributed by atoms with Gasteiger partial charge in [0.05, 0.1) is 5.69 Å². The third-order valence-electron chi connectivity index (χ3n) is 4.50. The molecule has 1 aliphatic heterocycles. The van der Waals surface area contributed by atoms with Crippen molar-refractivity contribution >= 4 is 29.9 Å². The number of benzene rings is 1. The molecule has 0 spiro atoms. The molecule has 1 heterocycles. The number of allylic oxidation sites excluding steroid dienone is 1. The molecule has 3 rings (SSSR count). The molecule has 160 valence electrons. The van der Waals surface area contributed by atoms with E-state index in [1.165, 1.54) is 0 Å². The number of amidine groups is 1. The number of fused-ring (bicyclic) bond motifs is 1. The number of carbonyl (C=O) groups excluding carboxylic acids is 2. The van der Waals surface area contributed by atoms with Crippen LogP contribution in [0.4, 0.5) is 11.4 Å². The summed E-state index contributed by atoms with van der Waals surface area (Å²) in [4.78, 5) is 23.8. The van der Waals surface area contributed by atoms with Crippen LogP contribution >= 0.6 is 0 Å². The third kappa shape index (κ3) is 8.45. The number of nitrogens with two attached hydrogens (primary N) is 3. The summed E-state index contributed by atoms with van der Waals surface area (Å²) < 4.78 is 0. The molecule has 1 amide bonds. The van der Waals surface area contributed by atoms with Crippen LogP contribution in [0, 0.1) is 5.92 Å². The second-order valence-corrected chi connectivity index (χ2v) is 7.43. The van der Waals surface area contributed by atoms with E-state index < -0.39 is 0 Å². The first-order valence-corrected chi connectivity index (χ1v) is 9.71. The van der Waals surface area contributed by atoms with Gasteiger partial charge in [0.1, 0.15) is 12.6 Å². The van der Waals surface area contributed by atoms with Crippen LogP contribution in [0.2, 0.25) is 0 Å². The summed E-state index contributed by atoms with van der Waals surface area (Å²) >= 11 is 0. The van der Waals surface area contributed by atoms with Gasteiger partial charge in [0.2, 0.25) is 5.91 Å². The smallest absolute Gasteiger partial charge is 0.224 e. The molecular formula is C21H33N5O3. The van der Waals surface area contributed by atoms with Crippen LogP contribution in [0.3, 0.4) is 0 Å². The standard InChI is InChI=1S/C17H23N5O.C3H8O.CH2O/c18-12-3-1-10(7-12)14(19)9-16(20)21-13-4-5-15-11(8-13)2-6-17(23)22-15;1-3(2)4;1-2/h4-5,8-10,12H,1-3,6-7,18-19H2,(H2,20,21)(H,22,23);3-4H,1-2H3;1H2/b14-9-;;. The molecule has 0 radical (unpaired) electrons. The fraction of sp³-hybridized carbons (Fsp3) is 0.476. The van der Waals surface area contributed by atoms with E-state index in [1.807, 2.05) is 25.0 Å². The van der Waals surface area contributed by atoms with Crippen molar-refractivity contribution < 1.29 is 14.7 Å². The topological polar surface area (TPSA) is 157 Å². The monoisotopic (exact) mass is 403 g/mol. The quantitative estimate of drug-likeness (QED) is 0.382. The van der Waals surface area contributed by atoms with Crippen LogP contribution in [-0.4, -0.2) is 35.8 Å². The summed E-state index contributed by atoms with van der Waals surface area (Å²) in [6.45, 7) is 5.44. The average molecular weight is 404 g/mol. The largest absolute Gasteiger partial charge is 0.402 e. The molecule has 8 nitrogen and oxygen atoms in total. The number of hydrogen-bond donors (Lipinski definition) is 5. The Morgan fingerprint density at radius 1 is 1.28 bits per heavy atom. The minimum absolute atomic E-state index is 0.0544. The SMILES string of the molecule is C=O.CC(C)O.NC(/C=C(\N)C1CCC(N)C1)=Nc1ccc2c(c1)CCC(=O)N2. The zero-order valence-electron chi connectivity index (χ0n) is 17.2. The maximum Gasteiger partial charge on any atom is 0.224 e. The van der Waals surface area contributed by atoms with Crippen molar-refractivity contribution in [2.75, 3.05) is 5.32 Å². The van der Waals surface area contributed by atoms with Crippen LogP contribution in [0.15, 0.2) is 35.0 Å². The van der Waals surface area contributed by atoms with Crippen LogP contribution in [0.1, 0.15) is 45.1 Å². The van der Waals surface area contributed by atoms with Gasteiger partial charge in [-0.2, -0.15) is 0 Å². The molecule has 1 aromatic carbocycles. The molecule has 0 bridgehead atoms. The number of hydrogen-bond acceptors (Lipinski definition) is 6. The van der Waals surface area contributed by atoms with Crippen molar-refractivity contribution in [1.82, 2.24) is 0 Å². The third-order valence-corrected chi connectivity index (χ3v) is 4.50. The van der Waals surface area contributed by atoms with Crippen LogP contribution in [0.5, 0.6) is 0 Å². The molecule has 8 heteroatoms. The van der Waals surface area contributed by atoms with Crippen LogP contribution in [0.25, 0.3) is 0 Å². The Hall–Kier alpha value is -2.71. The number of aliphatic hydroxyl groups is 1. The number of anilines is 1. The predicted molar refractivity (Wildman–Crippen MR) is 117 cm³/mol. The fourth-order valence-electron chi connectivity index (χ4n) is 3.23. The first-order valence-electron chi connectivity index (χ1n) is 9.71. The summed E-state index contributed by atoms with van der Waals surface area (Å²) in [6, 6.07) is 5.90. The van der Waals surface area contributed by atoms with Gasteiger partial charge in [-0.05, 0) is 69.4 Å². The first-order chi connectivity index (χ1) is 13.7. The van der Waals surface area contributed by atoms with Gasteiger partial charge in [-0.15, -0.1) is 0 Å². The van der Waals surface area contributed by atoms with Crippen LogP contribution < -0.4 is 22.5 Å². The molecule has 0 aromatic heterocycles. The van der Waals surface area contributed by atoms with E-state index in [0.29, 0.717) is 18.2 Å². The molecule has 0 saturated heterocycles. The van der Waals surface area contributed by atoms with Crippen molar-refractivity contribution in [2.24, 2.45) is 28.1 Å². The summed E-state index contributed by atoms with van der Waals surface area (Å²) in [5.41, 5.74) is 21.5. The maximum absolute atomic E-state index is 11.4. The molecule has 1 aliphatic carbocycles. The molecule has 1 saturated carbocycles. The molecule has 8 N–H and O–H groups in total. The van der Waals surface area contributed by atoms with Crippen molar-refractivity contribution in [3.05, 3.63) is 35.5 Å². The highest BCUT2D eigenvalue weighted by molar-refractivity contribution is 5.95. The van der Waals surface area contributed by atoms with Crippen molar-refractivity contribution in [3.63, 3.8) is 0 Å². The fourth-order valence-corrected chi connectivity index (χ4v) is 3.23. The highest BCUT2D eigenvalue weighted by Gasteiger charge is 2.23. The van der Waals surface area contributed by atoms with E-state index in [-0.39, 0.29) is 18.1 Å². The van der Waals surface area contributed by atoms with Gasteiger partial charge in [0, 0.05) is 35.9 Å². The van der Waals surface area contributed by atoms with E-state index in [2.05, 4.69) is 10.3 Å². The molecule has 1 aromatic rings. The van der Waals surface area contributed by atoms with Crippen molar-refractivity contribution in [2.45, 2.75) is 58.1 Å². The Balaban J connectivity index is 0.000000627. The van der Waals surface area contributed by atoms with Gasteiger partial charge in [-0.1, -0.05) is 0 Å². The summed E-state index contributed by atoms with van der Waals surface area (Å²) in [5.74, 6) is 0.749. The number of amides is 1. The second-order valence-electron chi connectivity index (χ2n) is 7.43. The van der Waals surface area contributed by atoms with E-state index in [4.69, 9.17) is 27.1 Å². The van der Waals surface area contributed by atoms with Gasteiger partial charge in [-0.3, -0.25) is 4.79 Å².